The highest BCUT2D eigenvalue weighted by Crippen LogP contribution is 2.16. The second kappa shape index (κ2) is 9.14. The van der Waals surface area contributed by atoms with Crippen molar-refractivity contribution in [3.63, 3.8) is 0 Å². The number of hydrogen-bond donors (Lipinski definition) is 2. The van der Waals surface area contributed by atoms with E-state index >= 15 is 0 Å². The van der Waals surface area contributed by atoms with Crippen LogP contribution in [0.2, 0.25) is 0 Å². The van der Waals surface area contributed by atoms with Crippen LogP contribution in [0.25, 0.3) is 6.08 Å². The first-order chi connectivity index (χ1) is 13.6. The van der Waals surface area contributed by atoms with Gasteiger partial charge in [0.2, 0.25) is 0 Å². The molecule has 0 saturated heterocycles. The Morgan fingerprint density at radius 3 is 2.32 bits per heavy atom. The van der Waals surface area contributed by atoms with Crippen molar-refractivity contribution in [2.24, 2.45) is 0 Å². The van der Waals surface area contributed by atoms with Gasteiger partial charge >= 0.3 is 5.97 Å². The number of carboxylic acids is 1. The third-order valence-electron chi connectivity index (χ3n) is 3.82. The number of carbonyl (C=O) groups is 2. The van der Waals surface area contributed by atoms with Crippen LogP contribution in [0, 0.1) is 0 Å². The summed E-state index contributed by atoms with van der Waals surface area (Å²) in [5, 5.41) is 11.8. The van der Waals surface area contributed by atoms with Crippen LogP contribution in [0.1, 0.15) is 21.6 Å². The summed E-state index contributed by atoms with van der Waals surface area (Å²) >= 11 is 0. The molecule has 0 unspecified atom stereocenters. The Morgan fingerprint density at radius 1 is 0.964 bits per heavy atom. The van der Waals surface area contributed by atoms with E-state index in [1.165, 1.54) is 6.08 Å². The number of benzene rings is 2. The van der Waals surface area contributed by atoms with Gasteiger partial charge in [0, 0.05) is 11.8 Å². The van der Waals surface area contributed by atoms with E-state index in [2.05, 4.69) is 10.3 Å². The number of ether oxygens (including phenoxy) is 1. The first-order valence-corrected chi connectivity index (χ1v) is 8.56. The van der Waals surface area contributed by atoms with Gasteiger partial charge in [-0.2, -0.15) is 0 Å². The number of hydrogen-bond acceptors (Lipinski definition) is 4. The molecule has 0 aliphatic rings. The van der Waals surface area contributed by atoms with E-state index < -0.39 is 11.9 Å². The summed E-state index contributed by atoms with van der Waals surface area (Å²) < 4.78 is 5.65. The van der Waals surface area contributed by atoms with E-state index in [1.54, 1.807) is 60.8 Å². The van der Waals surface area contributed by atoms with Crippen molar-refractivity contribution in [1.82, 2.24) is 10.3 Å². The summed E-state index contributed by atoms with van der Waals surface area (Å²) in [6, 6.07) is 20.9. The summed E-state index contributed by atoms with van der Waals surface area (Å²) in [5.41, 5.74) is 1.60. The zero-order valence-corrected chi connectivity index (χ0v) is 14.9. The van der Waals surface area contributed by atoms with Crippen LogP contribution in [0.3, 0.4) is 0 Å². The lowest BCUT2D eigenvalue weighted by atomic mass is 10.1. The highest BCUT2D eigenvalue weighted by Gasteiger charge is 2.13. The van der Waals surface area contributed by atoms with E-state index in [0.29, 0.717) is 23.5 Å². The second-order valence-electron chi connectivity index (χ2n) is 5.86. The van der Waals surface area contributed by atoms with Crippen LogP contribution in [0.15, 0.2) is 84.7 Å². The van der Waals surface area contributed by atoms with Gasteiger partial charge in [-0.1, -0.05) is 36.4 Å². The SMILES string of the molecule is O=C(O)C(=Cc1ccc(OCc2ccccn2)cc1)NC(=O)c1ccccc1. The van der Waals surface area contributed by atoms with Gasteiger partial charge in [-0.25, -0.2) is 4.79 Å². The van der Waals surface area contributed by atoms with Crippen molar-refractivity contribution in [3.05, 3.63) is 102 Å². The van der Waals surface area contributed by atoms with Crippen LogP contribution in [-0.2, 0) is 11.4 Å². The summed E-state index contributed by atoms with van der Waals surface area (Å²) in [7, 11) is 0. The van der Waals surface area contributed by atoms with Gasteiger partial charge in [0.25, 0.3) is 5.91 Å². The number of amides is 1. The van der Waals surface area contributed by atoms with Crippen LogP contribution in [0.4, 0.5) is 0 Å². The smallest absolute Gasteiger partial charge is 0.352 e. The molecule has 0 aliphatic carbocycles. The fourth-order valence-corrected chi connectivity index (χ4v) is 2.40. The monoisotopic (exact) mass is 374 g/mol. The van der Waals surface area contributed by atoms with Crippen LogP contribution < -0.4 is 10.1 Å². The number of carboxylic acid groups (broad SMARTS) is 1. The molecule has 6 heteroatoms. The molecule has 6 nitrogen and oxygen atoms in total. The maximum Gasteiger partial charge on any atom is 0.352 e. The molecule has 0 atom stereocenters. The number of aliphatic carboxylic acids is 1. The molecule has 0 spiro atoms. The van der Waals surface area contributed by atoms with Crippen molar-refractivity contribution in [3.8, 4) is 5.75 Å². The summed E-state index contributed by atoms with van der Waals surface area (Å²) in [6.07, 6.45) is 3.09. The minimum atomic E-state index is -1.22. The first-order valence-electron chi connectivity index (χ1n) is 8.56. The molecule has 140 valence electrons. The first kappa shape index (κ1) is 18.8. The number of nitrogens with one attached hydrogen (secondary N) is 1. The van der Waals surface area contributed by atoms with Crippen molar-refractivity contribution in [2.45, 2.75) is 6.61 Å². The van der Waals surface area contributed by atoms with E-state index in [9.17, 15) is 14.7 Å². The normalized spacial score (nSPS) is 10.9. The third kappa shape index (κ3) is 5.28. The third-order valence-corrected chi connectivity index (χ3v) is 3.82. The number of pyridine rings is 1. The number of rotatable bonds is 7. The largest absolute Gasteiger partial charge is 0.487 e. The average Bonchev–Trinajstić information content (AvgIpc) is 2.74. The summed E-state index contributed by atoms with van der Waals surface area (Å²) in [4.78, 5) is 27.8. The minimum Gasteiger partial charge on any atom is -0.487 e. The zero-order chi connectivity index (χ0) is 19.8. The molecule has 2 aromatic carbocycles. The summed E-state index contributed by atoms with van der Waals surface area (Å²) in [6.45, 7) is 0.337. The fourth-order valence-electron chi connectivity index (χ4n) is 2.40. The number of carbonyl (C=O) groups excluding carboxylic acids is 1. The molecule has 1 amide bonds. The molecular weight excluding hydrogens is 356 g/mol. The lowest BCUT2D eigenvalue weighted by Crippen LogP contribution is -2.27. The Morgan fingerprint density at radius 2 is 1.68 bits per heavy atom. The Bertz CT molecular complexity index is 968. The average molecular weight is 374 g/mol. The topological polar surface area (TPSA) is 88.5 Å². The highest BCUT2D eigenvalue weighted by molar-refractivity contribution is 6.02. The van der Waals surface area contributed by atoms with E-state index in [1.807, 2.05) is 18.2 Å². The van der Waals surface area contributed by atoms with Crippen molar-refractivity contribution in [2.75, 3.05) is 0 Å². The fraction of sp³-hybridized carbons (Fsp3) is 0.0455. The Labute approximate surface area is 162 Å². The molecule has 2 N–H and O–H groups in total. The lowest BCUT2D eigenvalue weighted by Gasteiger charge is -2.08. The van der Waals surface area contributed by atoms with Gasteiger partial charge in [0.15, 0.2) is 0 Å². The van der Waals surface area contributed by atoms with E-state index in [-0.39, 0.29) is 5.70 Å². The van der Waals surface area contributed by atoms with Crippen molar-refractivity contribution in [1.29, 1.82) is 0 Å². The Hall–Kier alpha value is -3.93. The van der Waals surface area contributed by atoms with Gasteiger partial charge in [-0.05, 0) is 48.0 Å². The molecule has 0 aliphatic heterocycles. The standard InChI is InChI=1S/C22H18N2O4/c25-21(17-6-2-1-3-7-17)24-20(22(26)27)14-16-9-11-19(12-10-16)28-15-18-8-4-5-13-23-18/h1-14H,15H2,(H,24,25)(H,26,27). The Balaban J connectivity index is 1.67. The lowest BCUT2D eigenvalue weighted by molar-refractivity contribution is -0.132. The van der Waals surface area contributed by atoms with E-state index in [4.69, 9.17) is 4.74 Å². The van der Waals surface area contributed by atoms with Gasteiger partial charge < -0.3 is 15.2 Å². The number of aromatic nitrogens is 1. The highest BCUT2D eigenvalue weighted by atomic mass is 16.5. The molecule has 0 fully saturated rings. The number of nitrogens with zero attached hydrogens (tertiary/aromatic N) is 1. The van der Waals surface area contributed by atoms with Crippen molar-refractivity contribution >= 4 is 18.0 Å². The van der Waals surface area contributed by atoms with Crippen LogP contribution >= 0.6 is 0 Å². The molecular formula is C22H18N2O4. The van der Waals surface area contributed by atoms with Crippen molar-refractivity contribution < 1.29 is 19.4 Å². The van der Waals surface area contributed by atoms with E-state index in [0.717, 1.165) is 5.69 Å². The molecule has 3 aromatic rings. The molecule has 3 rings (SSSR count). The second-order valence-corrected chi connectivity index (χ2v) is 5.86. The van der Waals surface area contributed by atoms with Crippen LogP contribution in [0.5, 0.6) is 5.75 Å². The van der Waals surface area contributed by atoms with Gasteiger partial charge in [0.1, 0.15) is 18.1 Å². The predicted molar refractivity (Wildman–Crippen MR) is 105 cm³/mol. The molecule has 0 radical (unpaired) electrons. The van der Waals surface area contributed by atoms with Gasteiger partial charge in [-0.3, -0.25) is 9.78 Å². The molecule has 1 aromatic heterocycles. The minimum absolute atomic E-state index is 0.212. The molecule has 1 heterocycles. The molecule has 28 heavy (non-hydrogen) atoms. The maximum atomic E-state index is 12.2. The molecule has 0 bridgehead atoms. The predicted octanol–water partition coefficient (Wildman–Crippen LogP) is 3.52. The quantitative estimate of drug-likeness (QED) is 0.618. The van der Waals surface area contributed by atoms with Gasteiger partial charge in [-0.15, -0.1) is 0 Å². The summed E-state index contributed by atoms with van der Waals surface area (Å²) in [5.74, 6) is -1.07. The van der Waals surface area contributed by atoms with Crippen LogP contribution in [-0.4, -0.2) is 22.0 Å². The van der Waals surface area contributed by atoms with Gasteiger partial charge in [0.05, 0.1) is 5.69 Å². The Kier molecular flexibility index (Phi) is 6.15. The molecule has 0 saturated carbocycles. The zero-order valence-electron chi connectivity index (χ0n) is 14.9. The maximum absolute atomic E-state index is 12.2.